The molecule has 0 bridgehead atoms. The number of carbonyl (C=O) groups is 2. The summed E-state index contributed by atoms with van der Waals surface area (Å²) in [5.74, 6) is 0.592. The SMILES string of the molecule is CCOC(=O)C[C@@H]1CCC/C1=C\Cc1c(CC)c(C)c2c(c1O[Si](C)(C)C(C)(C)C)C(=O)OC2. The van der Waals surface area contributed by atoms with Crippen molar-refractivity contribution in [2.45, 2.75) is 105 Å². The molecule has 1 heterocycles. The number of allylic oxidation sites excluding steroid dienone is 2. The molecule has 1 saturated carbocycles. The van der Waals surface area contributed by atoms with Crippen molar-refractivity contribution >= 4 is 20.3 Å². The van der Waals surface area contributed by atoms with E-state index in [-0.39, 0.29) is 22.9 Å². The number of esters is 2. The highest BCUT2D eigenvalue weighted by Gasteiger charge is 2.42. The van der Waals surface area contributed by atoms with E-state index in [1.165, 1.54) is 11.1 Å². The van der Waals surface area contributed by atoms with Crippen LogP contribution in [-0.2, 0) is 33.7 Å². The van der Waals surface area contributed by atoms with Crippen LogP contribution in [-0.4, -0.2) is 26.9 Å². The Labute approximate surface area is 206 Å². The molecule has 0 saturated heterocycles. The zero-order valence-electron chi connectivity index (χ0n) is 22.4. The number of fused-ring (bicyclic) bond motifs is 1. The molecule has 0 unspecified atom stereocenters. The molecule has 188 valence electrons. The molecule has 2 aliphatic rings. The van der Waals surface area contributed by atoms with Crippen molar-refractivity contribution in [1.82, 2.24) is 0 Å². The third kappa shape index (κ3) is 5.27. The zero-order valence-corrected chi connectivity index (χ0v) is 23.4. The van der Waals surface area contributed by atoms with Crippen molar-refractivity contribution in [1.29, 1.82) is 0 Å². The van der Waals surface area contributed by atoms with E-state index in [0.717, 1.165) is 48.1 Å². The Hall–Kier alpha value is -2.08. The number of hydrogen-bond acceptors (Lipinski definition) is 5. The van der Waals surface area contributed by atoms with Gasteiger partial charge in [0.1, 0.15) is 17.9 Å². The van der Waals surface area contributed by atoms with Gasteiger partial charge in [0.05, 0.1) is 13.0 Å². The predicted molar refractivity (Wildman–Crippen MR) is 138 cm³/mol. The van der Waals surface area contributed by atoms with Gasteiger partial charge in [-0.05, 0) is 81.1 Å². The summed E-state index contributed by atoms with van der Waals surface area (Å²) >= 11 is 0. The lowest BCUT2D eigenvalue weighted by Crippen LogP contribution is -2.44. The van der Waals surface area contributed by atoms with Gasteiger partial charge in [0.15, 0.2) is 0 Å². The molecule has 5 nitrogen and oxygen atoms in total. The molecule has 1 aliphatic heterocycles. The van der Waals surface area contributed by atoms with Crippen molar-refractivity contribution < 1.29 is 23.5 Å². The molecular formula is C28H42O5Si. The predicted octanol–water partition coefficient (Wildman–Crippen LogP) is 6.83. The largest absolute Gasteiger partial charge is 0.543 e. The lowest BCUT2D eigenvalue weighted by molar-refractivity contribution is -0.143. The zero-order chi connectivity index (χ0) is 25.3. The van der Waals surface area contributed by atoms with Crippen LogP contribution in [0.5, 0.6) is 5.75 Å². The Kier molecular flexibility index (Phi) is 8.01. The normalized spacial score (nSPS) is 19.4. The number of benzene rings is 1. The molecule has 1 aromatic carbocycles. The van der Waals surface area contributed by atoms with E-state index in [1.54, 1.807) is 0 Å². The average Bonchev–Trinajstić information content (AvgIpc) is 3.34. The van der Waals surface area contributed by atoms with Crippen LogP contribution in [0.2, 0.25) is 18.1 Å². The summed E-state index contributed by atoms with van der Waals surface area (Å²) < 4.78 is 17.6. The Morgan fingerprint density at radius 1 is 1.21 bits per heavy atom. The minimum absolute atomic E-state index is 0.00553. The molecule has 1 aliphatic carbocycles. The van der Waals surface area contributed by atoms with E-state index < -0.39 is 8.32 Å². The number of rotatable bonds is 8. The first-order valence-corrected chi connectivity index (χ1v) is 15.7. The maximum Gasteiger partial charge on any atom is 0.342 e. The summed E-state index contributed by atoms with van der Waals surface area (Å²) in [6.45, 7) is 17.9. The van der Waals surface area contributed by atoms with Crippen LogP contribution in [0.15, 0.2) is 11.6 Å². The summed E-state index contributed by atoms with van der Waals surface area (Å²) in [5.41, 5.74) is 6.44. The molecule has 0 spiro atoms. The van der Waals surface area contributed by atoms with Crippen LogP contribution in [0.4, 0.5) is 0 Å². The molecule has 34 heavy (non-hydrogen) atoms. The van der Waals surface area contributed by atoms with Gasteiger partial charge in [0.2, 0.25) is 0 Å². The van der Waals surface area contributed by atoms with Gasteiger partial charge in [0.25, 0.3) is 8.32 Å². The van der Waals surface area contributed by atoms with Gasteiger partial charge in [-0.2, -0.15) is 0 Å². The number of carbonyl (C=O) groups excluding carboxylic acids is 2. The first kappa shape index (κ1) is 26.5. The fourth-order valence-electron chi connectivity index (χ4n) is 4.94. The van der Waals surface area contributed by atoms with Gasteiger partial charge in [0, 0.05) is 11.1 Å². The van der Waals surface area contributed by atoms with Crippen LogP contribution in [0, 0.1) is 12.8 Å². The maximum absolute atomic E-state index is 12.9. The first-order chi connectivity index (χ1) is 15.9. The first-order valence-electron chi connectivity index (χ1n) is 12.8. The highest BCUT2D eigenvalue weighted by Crippen LogP contribution is 2.45. The fraction of sp³-hybridized carbons (Fsp3) is 0.643. The molecule has 1 aromatic rings. The van der Waals surface area contributed by atoms with Crippen molar-refractivity contribution in [3.05, 3.63) is 39.5 Å². The second kappa shape index (κ2) is 10.3. The van der Waals surface area contributed by atoms with Gasteiger partial charge >= 0.3 is 11.9 Å². The van der Waals surface area contributed by atoms with Crippen LogP contribution in [0.1, 0.15) is 92.9 Å². The van der Waals surface area contributed by atoms with E-state index >= 15 is 0 Å². The van der Waals surface area contributed by atoms with Crippen molar-refractivity contribution in [3.63, 3.8) is 0 Å². The van der Waals surface area contributed by atoms with Gasteiger partial charge in [-0.15, -0.1) is 0 Å². The lowest BCUT2D eigenvalue weighted by Gasteiger charge is -2.38. The smallest absolute Gasteiger partial charge is 0.342 e. The van der Waals surface area contributed by atoms with Crippen LogP contribution in [0.3, 0.4) is 0 Å². The Bertz CT molecular complexity index is 984. The summed E-state index contributed by atoms with van der Waals surface area (Å²) in [4.78, 5) is 25.0. The Morgan fingerprint density at radius 3 is 2.53 bits per heavy atom. The van der Waals surface area contributed by atoms with Crippen LogP contribution >= 0.6 is 0 Å². The topological polar surface area (TPSA) is 61.8 Å². The summed E-state index contributed by atoms with van der Waals surface area (Å²) in [7, 11) is -2.20. The maximum atomic E-state index is 12.9. The van der Waals surface area contributed by atoms with Gasteiger partial charge in [-0.25, -0.2) is 4.79 Å². The fourth-order valence-corrected chi connectivity index (χ4v) is 5.98. The standard InChI is InChI=1S/C28H42O5Si/c1-9-21-18(3)23-17-32-27(30)25(23)26(33-34(7,8)28(4,5)6)22(21)15-14-19-12-11-13-20(19)16-24(29)31-10-2/h14,20H,9-13,15-17H2,1-8H3/b19-14+/t20-/m0/s1. The van der Waals surface area contributed by atoms with Gasteiger partial charge < -0.3 is 13.9 Å². The second-order valence-corrected chi connectivity index (χ2v) is 15.9. The van der Waals surface area contributed by atoms with E-state index in [9.17, 15) is 9.59 Å². The van der Waals surface area contributed by atoms with Gasteiger partial charge in [-0.1, -0.05) is 39.3 Å². The van der Waals surface area contributed by atoms with E-state index in [0.29, 0.717) is 31.6 Å². The number of cyclic esters (lactones) is 1. The molecular weight excluding hydrogens is 444 g/mol. The minimum Gasteiger partial charge on any atom is -0.543 e. The molecule has 0 amide bonds. The minimum atomic E-state index is -2.20. The van der Waals surface area contributed by atoms with Crippen LogP contribution in [0.25, 0.3) is 0 Å². The highest BCUT2D eigenvalue weighted by molar-refractivity contribution is 6.74. The Morgan fingerprint density at radius 2 is 1.91 bits per heavy atom. The molecule has 0 radical (unpaired) electrons. The third-order valence-electron chi connectivity index (χ3n) is 7.97. The average molecular weight is 487 g/mol. The molecule has 0 N–H and O–H groups in total. The number of ether oxygens (including phenoxy) is 2. The quantitative estimate of drug-likeness (QED) is 0.229. The lowest BCUT2D eigenvalue weighted by atomic mass is 9.88. The second-order valence-electron chi connectivity index (χ2n) is 11.1. The summed E-state index contributed by atoms with van der Waals surface area (Å²) in [5, 5.41) is 0.00553. The van der Waals surface area contributed by atoms with Crippen molar-refractivity contribution in [2.24, 2.45) is 5.92 Å². The number of hydrogen-bond donors (Lipinski definition) is 0. The van der Waals surface area contributed by atoms with E-state index in [1.807, 2.05) is 6.92 Å². The molecule has 3 rings (SSSR count). The summed E-state index contributed by atoms with van der Waals surface area (Å²) in [6, 6.07) is 0. The molecule has 1 atom stereocenters. The van der Waals surface area contributed by atoms with Crippen molar-refractivity contribution in [2.75, 3.05) is 6.61 Å². The van der Waals surface area contributed by atoms with Crippen LogP contribution < -0.4 is 4.43 Å². The molecule has 1 fully saturated rings. The van der Waals surface area contributed by atoms with E-state index in [2.05, 4.69) is 53.8 Å². The molecule has 6 heteroatoms. The van der Waals surface area contributed by atoms with Crippen molar-refractivity contribution in [3.8, 4) is 5.75 Å². The Balaban J connectivity index is 2.06. The molecule has 0 aromatic heterocycles. The highest BCUT2D eigenvalue weighted by atomic mass is 28.4. The monoisotopic (exact) mass is 486 g/mol. The van der Waals surface area contributed by atoms with Gasteiger partial charge in [-0.3, -0.25) is 4.79 Å². The van der Waals surface area contributed by atoms with E-state index in [4.69, 9.17) is 13.9 Å². The summed E-state index contributed by atoms with van der Waals surface area (Å²) in [6.07, 6.45) is 7.43. The third-order valence-corrected chi connectivity index (χ3v) is 12.3.